The number of hydrogen-bond donors (Lipinski definition) is 0. The van der Waals surface area contributed by atoms with Gasteiger partial charge >= 0.3 is 6.18 Å². The summed E-state index contributed by atoms with van der Waals surface area (Å²) < 4.78 is 39.4. The summed E-state index contributed by atoms with van der Waals surface area (Å²) in [5.74, 6) is 0. The van der Waals surface area contributed by atoms with E-state index >= 15 is 0 Å². The highest BCUT2D eigenvalue weighted by Gasteiger charge is 2.33. The molecule has 0 aliphatic carbocycles. The molecule has 106 valence electrons. The van der Waals surface area contributed by atoms with Gasteiger partial charge in [0.25, 0.3) is 0 Å². The van der Waals surface area contributed by atoms with E-state index in [1.807, 2.05) is 0 Å². The third kappa shape index (κ3) is 4.23. The summed E-state index contributed by atoms with van der Waals surface area (Å²) in [6.45, 7) is 2.01. The smallest absolute Gasteiger partial charge is 0.299 e. The van der Waals surface area contributed by atoms with Gasteiger partial charge in [0, 0.05) is 15.5 Å². The number of benzene rings is 1. The van der Waals surface area contributed by atoms with Crippen molar-refractivity contribution in [3.05, 3.63) is 34.3 Å². The second-order valence-electron chi connectivity index (χ2n) is 4.75. The molecule has 1 fully saturated rings. The molecule has 1 saturated heterocycles. The minimum absolute atomic E-state index is 0.270. The van der Waals surface area contributed by atoms with E-state index in [1.165, 1.54) is 12.1 Å². The van der Waals surface area contributed by atoms with Crippen LogP contribution in [0, 0.1) is 0 Å². The van der Waals surface area contributed by atoms with Gasteiger partial charge in [-0.15, -0.1) is 0 Å². The van der Waals surface area contributed by atoms with Crippen molar-refractivity contribution in [2.45, 2.75) is 29.5 Å². The number of piperidine rings is 1. The van der Waals surface area contributed by atoms with Gasteiger partial charge in [0.1, 0.15) is 0 Å². The van der Waals surface area contributed by atoms with E-state index < -0.39 is 11.7 Å². The lowest BCUT2D eigenvalue weighted by atomic mass is 10.0. The highest BCUT2D eigenvalue weighted by molar-refractivity contribution is 14.1. The summed E-state index contributed by atoms with van der Waals surface area (Å²) in [4.78, 5) is 2.07. The van der Waals surface area contributed by atoms with E-state index in [-0.39, 0.29) is 5.56 Å². The van der Waals surface area contributed by atoms with E-state index in [2.05, 4.69) is 27.5 Å². The van der Waals surface area contributed by atoms with Crippen LogP contribution in [0.1, 0.15) is 24.0 Å². The molecular weight excluding hydrogens is 390 g/mol. The summed E-state index contributed by atoms with van der Waals surface area (Å²) in [6, 6.07) is 3.80. The molecule has 0 N–H and O–H groups in total. The van der Waals surface area contributed by atoms with Gasteiger partial charge in [-0.25, -0.2) is 0 Å². The molecule has 0 spiro atoms. The molecule has 1 aliphatic rings. The molecule has 1 heterocycles. The summed E-state index contributed by atoms with van der Waals surface area (Å²) in [5.41, 5.74) is -0.305. The number of alkyl halides is 4. The molecule has 0 amide bonds. The molecule has 0 aromatic heterocycles. The third-order valence-electron chi connectivity index (χ3n) is 3.28. The number of rotatable bonds is 2. The Bertz CT molecular complexity index is 442. The number of likely N-dealkylation sites (tertiary alicyclic amines) is 1. The molecule has 0 radical (unpaired) electrons. The SMILES string of the molecule is FC(F)(F)c1ccc(Cl)cc1CN1CCC(I)CC1. The van der Waals surface area contributed by atoms with Crippen LogP contribution >= 0.6 is 34.2 Å². The molecule has 0 saturated carbocycles. The maximum Gasteiger partial charge on any atom is 0.416 e. The molecule has 0 unspecified atom stereocenters. The van der Waals surface area contributed by atoms with E-state index in [1.54, 1.807) is 0 Å². The quantitative estimate of drug-likeness (QED) is 0.508. The first-order chi connectivity index (χ1) is 8.86. The highest BCUT2D eigenvalue weighted by atomic mass is 127. The third-order valence-corrected chi connectivity index (χ3v) is 4.76. The average molecular weight is 404 g/mol. The Morgan fingerprint density at radius 1 is 1.26 bits per heavy atom. The standard InChI is InChI=1S/C13H14ClF3IN/c14-10-1-2-12(13(15,16)17)9(7-10)8-19-5-3-11(18)4-6-19/h1-2,7,11H,3-6,8H2. The van der Waals surface area contributed by atoms with E-state index in [4.69, 9.17) is 11.6 Å². The Labute approximate surface area is 129 Å². The van der Waals surface area contributed by atoms with Crippen LogP contribution in [0.2, 0.25) is 5.02 Å². The summed E-state index contributed by atoms with van der Waals surface area (Å²) in [7, 11) is 0. The molecule has 0 bridgehead atoms. The van der Waals surface area contributed by atoms with Crippen LogP contribution in [-0.2, 0) is 12.7 Å². The molecule has 2 rings (SSSR count). The molecule has 6 heteroatoms. The lowest BCUT2D eigenvalue weighted by molar-refractivity contribution is -0.138. The topological polar surface area (TPSA) is 3.24 Å². The fourth-order valence-electron chi connectivity index (χ4n) is 2.27. The van der Waals surface area contributed by atoms with Crippen molar-refractivity contribution in [1.82, 2.24) is 4.90 Å². The number of hydrogen-bond acceptors (Lipinski definition) is 1. The Balaban J connectivity index is 2.17. The maximum absolute atomic E-state index is 12.9. The minimum Gasteiger partial charge on any atom is -0.299 e. The van der Waals surface area contributed by atoms with E-state index in [9.17, 15) is 13.2 Å². The number of halogens is 5. The maximum atomic E-state index is 12.9. The van der Waals surface area contributed by atoms with Gasteiger partial charge in [0.2, 0.25) is 0 Å². The zero-order valence-electron chi connectivity index (χ0n) is 10.2. The fraction of sp³-hybridized carbons (Fsp3) is 0.538. The summed E-state index contributed by atoms with van der Waals surface area (Å²) >= 11 is 8.22. The fourth-order valence-corrected chi connectivity index (χ4v) is 3.02. The van der Waals surface area contributed by atoms with Crippen LogP contribution < -0.4 is 0 Å². The number of nitrogens with zero attached hydrogens (tertiary/aromatic N) is 1. The predicted octanol–water partition coefficient (Wildman–Crippen LogP) is 4.76. The first-order valence-corrected chi connectivity index (χ1v) is 7.70. The Morgan fingerprint density at radius 3 is 2.47 bits per heavy atom. The Kier molecular flexibility index (Phi) is 5.00. The molecule has 1 aliphatic heterocycles. The first kappa shape index (κ1) is 15.4. The van der Waals surface area contributed by atoms with Crippen LogP contribution in [-0.4, -0.2) is 21.9 Å². The predicted molar refractivity (Wildman–Crippen MR) is 78.8 cm³/mol. The van der Waals surface area contributed by atoms with Gasteiger partial charge in [-0.2, -0.15) is 13.2 Å². The average Bonchev–Trinajstić information content (AvgIpc) is 2.30. The lowest BCUT2D eigenvalue weighted by Crippen LogP contribution is -2.34. The summed E-state index contributed by atoms with van der Waals surface area (Å²) in [5, 5.41) is 0.353. The van der Waals surface area contributed by atoms with Gasteiger partial charge in [-0.3, -0.25) is 4.90 Å². The molecule has 0 atom stereocenters. The van der Waals surface area contributed by atoms with Crippen LogP contribution in [0.3, 0.4) is 0 Å². The van der Waals surface area contributed by atoms with Crippen molar-refractivity contribution < 1.29 is 13.2 Å². The molecule has 1 aromatic carbocycles. The van der Waals surface area contributed by atoms with Crippen molar-refractivity contribution in [2.24, 2.45) is 0 Å². The van der Waals surface area contributed by atoms with Crippen LogP contribution in [0.4, 0.5) is 13.2 Å². The zero-order valence-corrected chi connectivity index (χ0v) is 13.1. The Morgan fingerprint density at radius 2 is 1.89 bits per heavy atom. The molecule has 19 heavy (non-hydrogen) atoms. The van der Waals surface area contributed by atoms with Gasteiger partial charge in [0.05, 0.1) is 5.56 Å². The van der Waals surface area contributed by atoms with Gasteiger partial charge in [-0.1, -0.05) is 34.2 Å². The molecule has 1 aromatic rings. The van der Waals surface area contributed by atoms with Crippen molar-refractivity contribution in [1.29, 1.82) is 0 Å². The van der Waals surface area contributed by atoms with Crippen LogP contribution in [0.5, 0.6) is 0 Å². The monoisotopic (exact) mass is 403 g/mol. The van der Waals surface area contributed by atoms with Gasteiger partial charge in [-0.05, 0) is 49.7 Å². The van der Waals surface area contributed by atoms with Crippen molar-refractivity contribution in [3.8, 4) is 0 Å². The Hall–Kier alpha value is -0.0100. The van der Waals surface area contributed by atoms with Crippen LogP contribution in [0.15, 0.2) is 18.2 Å². The largest absolute Gasteiger partial charge is 0.416 e. The zero-order chi connectivity index (χ0) is 14.0. The first-order valence-electron chi connectivity index (χ1n) is 6.08. The summed E-state index contributed by atoms with van der Waals surface area (Å²) in [6.07, 6.45) is -2.26. The van der Waals surface area contributed by atoms with Crippen LogP contribution in [0.25, 0.3) is 0 Å². The second kappa shape index (κ2) is 6.18. The van der Waals surface area contributed by atoms with Crippen molar-refractivity contribution >= 4 is 34.2 Å². The van der Waals surface area contributed by atoms with E-state index in [0.717, 1.165) is 32.0 Å². The van der Waals surface area contributed by atoms with E-state index in [0.29, 0.717) is 15.5 Å². The minimum atomic E-state index is -4.32. The van der Waals surface area contributed by atoms with Gasteiger partial charge < -0.3 is 0 Å². The second-order valence-corrected chi connectivity index (χ2v) is 6.95. The molecule has 1 nitrogen and oxygen atoms in total. The normalized spacial score (nSPS) is 18.8. The van der Waals surface area contributed by atoms with Gasteiger partial charge in [0.15, 0.2) is 0 Å². The lowest BCUT2D eigenvalue weighted by Gasteiger charge is -2.30. The highest BCUT2D eigenvalue weighted by Crippen LogP contribution is 2.34. The van der Waals surface area contributed by atoms with Crippen molar-refractivity contribution in [3.63, 3.8) is 0 Å². The molecular formula is C13H14ClF3IN. The van der Waals surface area contributed by atoms with Crippen molar-refractivity contribution in [2.75, 3.05) is 13.1 Å².